The molecule has 0 aliphatic heterocycles. The first kappa shape index (κ1) is 13.4. The Morgan fingerprint density at radius 2 is 1.76 bits per heavy atom. The predicted molar refractivity (Wildman–Crippen MR) is 84.1 cm³/mol. The number of hydrogen-bond acceptors (Lipinski definition) is 3. The van der Waals surface area contributed by atoms with E-state index < -0.39 is 0 Å². The molecular formula is C18H17NO2. The van der Waals surface area contributed by atoms with Gasteiger partial charge in [-0.1, -0.05) is 30.3 Å². The van der Waals surface area contributed by atoms with Crippen molar-refractivity contribution in [2.75, 3.05) is 14.2 Å². The number of methoxy groups -OCH3 is 2. The van der Waals surface area contributed by atoms with E-state index in [4.69, 9.17) is 9.47 Å². The van der Waals surface area contributed by atoms with Gasteiger partial charge in [0.05, 0.1) is 14.2 Å². The van der Waals surface area contributed by atoms with E-state index in [1.807, 2.05) is 36.5 Å². The number of pyridine rings is 1. The predicted octanol–water partition coefficient (Wildman–Crippen LogP) is 3.84. The summed E-state index contributed by atoms with van der Waals surface area (Å²) in [6.07, 6.45) is 4.42. The second-order valence-electron chi connectivity index (χ2n) is 4.85. The van der Waals surface area contributed by atoms with Gasteiger partial charge in [0.2, 0.25) is 0 Å². The zero-order valence-electron chi connectivity index (χ0n) is 12.2. The maximum Gasteiger partial charge on any atom is 0.130 e. The number of benzene rings is 2. The third-order valence-corrected chi connectivity index (χ3v) is 3.58. The lowest BCUT2D eigenvalue weighted by Crippen LogP contribution is -1.97. The molecule has 0 atom stereocenters. The van der Waals surface area contributed by atoms with Crippen LogP contribution in [-0.2, 0) is 6.42 Å². The van der Waals surface area contributed by atoms with E-state index in [1.165, 1.54) is 0 Å². The molecule has 0 bridgehead atoms. The van der Waals surface area contributed by atoms with Crippen molar-refractivity contribution in [3.05, 3.63) is 66.0 Å². The molecule has 0 saturated heterocycles. The van der Waals surface area contributed by atoms with Crippen molar-refractivity contribution < 1.29 is 9.47 Å². The number of hydrogen-bond donors (Lipinski definition) is 0. The molecule has 0 unspecified atom stereocenters. The summed E-state index contributed by atoms with van der Waals surface area (Å²) in [6, 6.07) is 14.2. The van der Waals surface area contributed by atoms with Crippen molar-refractivity contribution >= 4 is 10.8 Å². The number of rotatable bonds is 4. The van der Waals surface area contributed by atoms with Crippen LogP contribution in [0.15, 0.2) is 54.9 Å². The standard InChI is InChI=1S/C18H17NO2/c1-20-17-11-14(10-13-6-5-9-19-12-13)18(21-2)16-8-4-3-7-15(16)17/h3-9,11-12H,10H2,1-2H3. The van der Waals surface area contributed by atoms with Crippen LogP contribution in [0.3, 0.4) is 0 Å². The molecule has 0 fully saturated rings. The van der Waals surface area contributed by atoms with Crippen molar-refractivity contribution in [3.63, 3.8) is 0 Å². The number of fused-ring (bicyclic) bond motifs is 1. The maximum absolute atomic E-state index is 5.65. The Hall–Kier alpha value is -2.55. The highest BCUT2D eigenvalue weighted by Gasteiger charge is 2.13. The Kier molecular flexibility index (Phi) is 3.73. The lowest BCUT2D eigenvalue weighted by molar-refractivity contribution is 0.407. The van der Waals surface area contributed by atoms with Crippen LogP contribution in [0.1, 0.15) is 11.1 Å². The van der Waals surface area contributed by atoms with Crippen LogP contribution < -0.4 is 9.47 Å². The van der Waals surface area contributed by atoms with Crippen LogP contribution in [0, 0.1) is 0 Å². The van der Waals surface area contributed by atoms with Crippen molar-refractivity contribution in [1.29, 1.82) is 0 Å². The van der Waals surface area contributed by atoms with Crippen molar-refractivity contribution in [3.8, 4) is 11.5 Å². The third kappa shape index (κ3) is 2.55. The van der Waals surface area contributed by atoms with E-state index in [2.05, 4.69) is 17.1 Å². The van der Waals surface area contributed by atoms with Crippen LogP contribution in [0.5, 0.6) is 11.5 Å². The second kappa shape index (κ2) is 5.83. The fourth-order valence-electron chi connectivity index (χ4n) is 2.63. The Bertz CT molecular complexity index is 754. The largest absolute Gasteiger partial charge is 0.496 e. The molecule has 2 aromatic carbocycles. The highest BCUT2D eigenvalue weighted by Crippen LogP contribution is 2.37. The first-order chi connectivity index (χ1) is 10.3. The molecular weight excluding hydrogens is 262 g/mol. The van der Waals surface area contributed by atoms with Crippen molar-refractivity contribution in [2.45, 2.75) is 6.42 Å². The smallest absolute Gasteiger partial charge is 0.130 e. The second-order valence-corrected chi connectivity index (χ2v) is 4.85. The van der Waals surface area contributed by atoms with Gasteiger partial charge in [-0.25, -0.2) is 0 Å². The third-order valence-electron chi connectivity index (χ3n) is 3.58. The number of nitrogens with zero attached hydrogens (tertiary/aromatic N) is 1. The highest BCUT2D eigenvalue weighted by atomic mass is 16.5. The van der Waals surface area contributed by atoms with Crippen molar-refractivity contribution in [2.24, 2.45) is 0 Å². The molecule has 1 heterocycles. The first-order valence-electron chi connectivity index (χ1n) is 6.85. The summed E-state index contributed by atoms with van der Waals surface area (Å²) in [7, 11) is 3.41. The number of ether oxygens (including phenoxy) is 2. The molecule has 0 aliphatic carbocycles. The molecule has 0 N–H and O–H groups in total. The van der Waals surface area contributed by atoms with Gasteiger partial charge in [0, 0.05) is 35.2 Å². The SMILES string of the molecule is COc1cc(Cc2cccnc2)c(OC)c2ccccc12. The summed E-state index contributed by atoms with van der Waals surface area (Å²) >= 11 is 0. The summed E-state index contributed by atoms with van der Waals surface area (Å²) in [5, 5.41) is 2.13. The Morgan fingerprint density at radius 3 is 2.43 bits per heavy atom. The van der Waals surface area contributed by atoms with Gasteiger partial charge in [-0.2, -0.15) is 0 Å². The molecule has 1 aromatic heterocycles. The number of aromatic nitrogens is 1. The summed E-state index contributed by atoms with van der Waals surface area (Å²) in [5.41, 5.74) is 2.24. The summed E-state index contributed by atoms with van der Waals surface area (Å²) in [5.74, 6) is 1.76. The fraction of sp³-hybridized carbons (Fsp3) is 0.167. The quantitative estimate of drug-likeness (QED) is 0.727. The van der Waals surface area contributed by atoms with Crippen LogP contribution in [0.4, 0.5) is 0 Å². The minimum absolute atomic E-state index is 0.762. The molecule has 3 heteroatoms. The van der Waals surface area contributed by atoms with E-state index in [9.17, 15) is 0 Å². The van der Waals surface area contributed by atoms with Crippen LogP contribution in [0.2, 0.25) is 0 Å². The topological polar surface area (TPSA) is 31.4 Å². The van der Waals surface area contributed by atoms with E-state index in [-0.39, 0.29) is 0 Å². The van der Waals surface area contributed by atoms with Crippen LogP contribution in [-0.4, -0.2) is 19.2 Å². The molecule has 0 amide bonds. The van der Waals surface area contributed by atoms with Gasteiger partial charge < -0.3 is 9.47 Å². The fourth-order valence-corrected chi connectivity index (χ4v) is 2.63. The molecule has 0 saturated carbocycles. The van der Waals surface area contributed by atoms with E-state index >= 15 is 0 Å². The zero-order chi connectivity index (χ0) is 14.7. The Balaban J connectivity index is 2.17. The van der Waals surface area contributed by atoms with E-state index in [1.54, 1.807) is 20.4 Å². The van der Waals surface area contributed by atoms with Gasteiger partial charge in [-0.05, 0) is 17.7 Å². The van der Waals surface area contributed by atoms with Crippen LogP contribution >= 0.6 is 0 Å². The van der Waals surface area contributed by atoms with Gasteiger partial charge in [-0.15, -0.1) is 0 Å². The molecule has 21 heavy (non-hydrogen) atoms. The average Bonchev–Trinajstić information content (AvgIpc) is 2.55. The Labute approximate surface area is 124 Å². The highest BCUT2D eigenvalue weighted by molar-refractivity contribution is 5.94. The molecule has 3 aromatic rings. The first-order valence-corrected chi connectivity index (χ1v) is 6.85. The molecule has 0 spiro atoms. The molecule has 106 valence electrons. The van der Waals surface area contributed by atoms with E-state index in [0.29, 0.717) is 0 Å². The summed E-state index contributed by atoms with van der Waals surface area (Å²) in [4.78, 5) is 4.17. The minimum Gasteiger partial charge on any atom is -0.496 e. The lowest BCUT2D eigenvalue weighted by atomic mass is 9.99. The molecule has 0 radical (unpaired) electrons. The van der Waals surface area contributed by atoms with Gasteiger partial charge in [-0.3, -0.25) is 4.98 Å². The maximum atomic E-state index is 5.65. The summed E-state index contributed by atoms with van der Waals surface area (Å²) < 4.78 is 11.2. The molecule has 3 rings (SSSR count). The van der Waals surface area contributed by atoms with E-state index in [0.717, 1.165) is 39.8 Å². The summed E-state index contributed by atoms with van der Waals surface area (Å²) in [6.45, 7) is 0. The average molecular weight is 279 g/mol. The van der Waals surface area contributed by atoms with Crippen LogP contribution in [0.25, 0.3) is 10.8 Å². The van der Waals surface area contributed by atoms with Gasteiger partial charge in [0.25, 0.3) is 0 Å². The molecule has 0 aliphatic rings. The molecule has 3 nitrogen and oxygen atoms in total. The normalized spacial score (nSPS) is 10.6. The van der Waals surface area contributed by atoms with Gasteiger partial charge in [0.15, 0.2) is 0 Å². The monoisotopic (exact) mass is 279 g/mol. The zero-order valence-corrected chi connectivity index (χ0v) is 12.2. The van der Waals surface area contributed by atoms with Gasteiger partial charge in [0.1, 0.15) is 11.5 Å². The lowest BCUT2D eigenvalue weighted by Gasteiger charge is -2.15. The van der Waals surface area contributed by atoms with Crippen molar-refractivity contribution in [1.82, 2.24) is 4.98 Å². The Morgan fingerprint density at radius 1 is 0.952 bits per heavy atom. The minimum atomic E-state index is 0.762. The van der Waals surface area contributed by atoms with Gasteiger partial charge >= 0.3 is 0 Å².